The molecule has 1 aromatic rings. The molecule has 0 spiro atoms. The second-order valence-corrected chi connectivity index (χ2v) is 4.36. The van der Waals surface area contributed by atoms with Gasteiger partial charge in [-0.05, 0) is 49.9 Å². The van der Waals surface area contributed by atoms with Crippen LogP contribution >= 0.6 is 0 Å². The summed E-state index contributed by atoms with van der Waals surface area (Å²) in [6, 6.07) is 1.99. The molecule has 1 aliphatic heterocycles. The number of rotatable bonds is 2. The van der Waals surface area contributed by atoms with Crippen molar-refractivity contribution in [2.24, 2.45) is 0 Å². The van der Waals surface area contributed by atoms with Crippen LogP contribution < -0.4 is 9.47 Å². The van der Waals surface area contributed by atoms with Crippen molar-refractivity contribution in [3.05, 3.63) is 22.8 Å². The molecule has 88 valence electrons. The van der Waals surface area contributed by atoms with Crippen molar-refractivity contribution in [2.45, 2.75) is 33.3 Å². The van der Waals surface area contributed by atoms with Crippen LogP contribution in [0.4, 0.5) is 0 Å². The summed E-state index contributed by atoms with van der Waals surface area (Å²) in [6.45, 7) is 7.11. The Hall–Kier alpha value is -1.22. The van der Waals surface area contributed by atoms with Crippen LogP contribution in [0.1, 0.15) is 23.6 Å². The summed E-state index contributed by atoms with van der Waals surface area (Å²) in [4.78, 5) is 0. The van der Waals surface area contributed by atoms with Crippen LogP contribution in [0.5, 0.6) is 11.5 Å². The van der Waals surface area contributed by atoms with E-state index in [0.717, 1.165) is 22.6 Å². The lowest BCUT2D eigenvalue weighted by Crippen LogP contribution is -2.17. The van der Waals surface area contributed by atoms with E-state index in [0.29, 0.717) is 19.6 Å². The van der Waals surface area contributed by atoms with Crippen LogP contribution in [0.2, 0.25) is 0 Å². The first-order valence-corrected chi connectivity index (χ1v) is 5.66. The Kier molecular flexibility index (Phi) is 3.06. The van der Waals surface area contributed by atoms with Crippen LogP contribution in [-0.2, 0) is 6.42 Å². The molecule has 1 aromatic carbocycles. The first kappa shape index (κ1) is 11.3. The number of hydrogen-bond acceptors (Lipinski definition) is 3. The molecule has 1 unspecified atom stereocenters. The van der Waals surface area contributed by atoms with Crippen molar-refractivity contribution >= 4 is 0 Å². The maximum absolute atomic E-state index is 9.45. The first-order chi connectivity index (χ1) is 7.59. The summed E-state index contributed by atoms with van der Waals surface area (Å²) in [7, 11) is 0. The van der Waals surface area contributed by atoms with Gasteiger partial charge in [-0.3, -0.25) is 0 Å². The van der Waals surface area contributed by atoms with Gasteiger partial charge in [-0.1, -0.05) is 0 Å². The van der Waals surface area contributed by atoms with E-state index in [1.807, 2.05) is 13.0 Å². The molecular weight excluding hydrogens is 204 g/mol. The topological polar surface area (TPSA) is 38.7 Å². The zero-order chi connectivity index (χ0) is 11.7. The molecule has 1 aliphatic rings. The third-order valence-corrected chi connectivity index (χ3v) is 3.02. The SMILES string of the molecule is Cc1c(CC(C)O)cc2c(c1C)OCCO2. The third kappa shape index (κ3) is 2.00. The van der Waals surface area contributed by atoms with Gasteiger partial charge in [0.2, 0.25) is 0 Å². The molecule has 3 nitrogen and oxygen atoms in total. The van der Waals surface area contributed by atoms with Crippen molar-refractivity contribution in [2.75, 3.05) is 13.2 Å². The average Bonchev–Trinajstić information content (AvgIpc) is 2.25. The summed E-state index contributed by atoms with van der Waals surface area (Å²) < 4.78 is 11.2. The summed E-state index contributed by atoms with van der Waals surface area (Å²) in [5.41, 5.74) is 3.44. The average molecular weight is 222 g/mol. The van der Waals surface area contributed by atoms with Crippen molar-refractivity contribution in [3.63, 3.8) is 0 Å². The molecule has 3 heteroatoms. The van der Waals surface area contributed by atoms with Gasteiger partial charge in [-0.15, -0.1) is 0 Å². The molecule has 0 saturated heterocycles. The lowest BCUT2D eigenvalue weighted by atomic mass is 9.97. The Morgan fingerprint density at radius 1 is 1.25 bits per heavy atom. The molecule has 0 radical (unpaired) electrons. The number of aliphatic hydroxyl groups excluding tert-OH is 1. The van der Waals surface area contributed by atoms with Gasteiger partial charge >= 0.3 is 0 Å². The second-order valence-electron chi connectivity index (χ2n) is 4.36. The normalized spacial score (nSPS) is 16.0. The molecule has 2 rings (SSSR count). The minimum absolute atomic E-state index is 0.333. The number of benzene rings is 1. The molecule has 0 fully saturated rings. The highest BCUT2D eigenvalue weighted by molar-refractivity contribution is 5.54. The minimum Gasteiger partial charge on any atom is -0.486 e. The monoisotopic (exact) mass is 222 g/mol. The summed E-state index contributed by atoms with van der Waals surface area (Å²) in [5, 5.41) is 9.45. The molecule has 16 heavy (non-hydrogen) atoms. The summed E-state index contributed by atoms with van der Waals surface area (Å²) in [6.07, 6.45) is 0.323. The van der Waals surface area contributed by atoms with Crippen LogP contribution in [0.3, 0.4) is 0 Å². The van der Waals surface area contributed by atoms with E-state index in [-0.39, 0.29) is 6.10 Å². The van der Waals surface area contributed by atoms with Crippen LogP contribution in [0, 0.1) is 13.8 Å². The van der Waals surface area contributed by atoms with Crippen molar-refractivity contribution < 1.29 is 14.6 Å². The van der Waals surface area contributed by atoms with Crippen molar-refractivity contribution in [1.29, 1.82) is 0 Å². The highest BCUT2D eigenvalue weighted by Gasteiger charge is 2.18. The molecule has 1 heterocycles. The predicted molar refractivity (Wildman–Crippen MR) is 62.3 cm³/mol. The minimum atomic E-state index is -0.333. The fourth-order valence-electron chi connectivity index (χ4n) is 2.04. The number of fused-ring (bicyclic) bond motifs is 1. The largest absolute Gasteiger partial charge is 0.486 e. The van der Waals surface area contributed by atoms with Crippen LogP contribution in [0.15, 0.2) is 6.07 Å². The van der Waals surface area contributed by atoms with Gasteiger partial charge < -0.3 is 14.6 Å². The fourth-order valence-corrected chi connectivity index (χ4v) is 2.04. The lowest BCUT2D eigenvalue weighted by molar-refractivity contribution is 0.169. The van der Waals surface area contributed by atoms with Gasteiger partial charge in [0.05, 0.1) is 6.10 Å². The Labute approximate surface area is 96.0 Å². The number of aliphatic hydroxyl groups is 1. The zero-order valence-corrected chi connectivity index (χ0v) is 10.0. The van der Waals surface area contributed by atoms with E-state index in [9.17, 15) is 5.11 Å². The highest BCUT2D eigenvalue weighted by Crippen LogP contribution is 2.37. The maximum Gasteiger partial charge on any atom is 0.164 e. The van der Waals surface area contributed by atoms with E-state index >= 15 is 0 Å². The Bertz CT molecular complexity index is 397. The number of ether oxygens (including phenoxy) is 2. The molecule has 0 bridgehead atoms. The standard InChI is InChI=1S/C13H18O3/c1-8(14)6-11-7-12-13(10(3)9(11)2)16-5-4-15-12/h7-8,14H,4-6H2,1-3H3. The van der Waals surface area contributed by atoms with Crippen LogP contribution in [0.25, 0.3) is 0 Å². The number of hydrogen-bond donors (Lipinski definition) is 1. The maximum atomic E-state index is 9.45. The molecule has 0 aromatic heterocycles. The molecule has 1 N–H and O–H groups in total. The van der Waals surface area contributed by atoms with Crippen molar-refractivity contribution in [1.82, 2.24) is 0 Å². The van der Waals surface area contributed by atoms with E-state index in [1.165, 1.54) is 5.56 Å². The van der Waals surface area contributed by atoms with Crippen LogP contribution in [-0.4, -0.2) is 24.4 Å². The van der Waals surface area contributed by atoms with E-state index < -0.39 is 0 Å². The van der Waals surface area contributed by atoms with E-state index in [2.05, 4.69) is 6.92 Å². The molecule has 1 atom stereocenters. The van der Waals surface area contributed by atoms with Gasteiger partial charge in [0.1, 0.15) is 13.2 Å². The van der Waals surface area contributed by atoms with E-state index in [4.69, 9.17) is 9.47 Å². The van der Waals surface area contributed by atoms with Gasteiger partial charge in [-0.2, -0.15) is 0 Å². The van der Waals surface area contributed by atoms with Gasteiger partial charge in [0.25, 0.3) is 0 Å². The summed E-state index contributed by atoms with van der Waals surface area (Å²) in [5.74, 6) is 1.67. The third-order valence-electron chi connectivity index (χ3n) is 3.02. The van der Waals surface area contributed by atoms with Crippen molar-refractivity contribution in [3.8, 4) is 11.5 Å². The molecule has 0 aliphatic carbocycles. The highest BCUT2D eigenvalue weighted by atomic mass is 16.6. The molecule has 0 saturated carbocycles. The zero-order valence-electron chi connectivity index (χ0n) is 10.0. The van der Waals surface area contributed by atoms with Gasteiger partial charge in [-0.25, -0.2) is 0 Å². The molecular formula is C13H18O3. The lowest BCUT2D eigenvalue weighted by Gasteiger charge is -2.23. The van der Waals surface area contributed by atoms with Gasteiger partial charge in [0, 0.05) is 0 Å². The Morgan fingerprint density at radius 3 is 2.62 bits per heavy atom. The predicted octanol–water partition coefficient (Wildman–Crippen LogP) is 2.00. The molecule has 0 amide bonds. The second kappa shape index (κ2) is 4.34. The fraction of sp³-hybridized carbons (Fsp3) is 0.538. The first-order valence-electron chi connectivity index (χ1n) is 5.66. The quantitative estimate of drug-likeness (QED) is 0.831. The summed E-state index contributed by atoms with van der Waals surface area (Å²) >= 11 is 0. The van der Waals surface area contributed by atoms with Gasteiger partial charge in [0.15, 0.2) is 11.5 Å². The smallest absolute Gasteiger partial charge is 0.164 e. The van der Waals surface area contributed by atoms with E-state index in [1.54, 1.807) is 6.92 Å². The Balaban J connectivity index is 2.44. The Morgan fingerprint density at radius 2 is 1.94 bits per heavy atom.